The van der Waals surface area contributed by atoms with E-state index < -0.39 is 0 Å². The molecule has 0 fully saturated rings. The first kappa shape index (κ1) is 35.4. The Morgan fingerprint density at radius 2 is 0.712 bits per heavy atom. The van der Waals surface area contributed by atoms with Crippen molar-refractivity contribution in [3.05, 3.63) is 70.8 Å². The number of benzene rings is 2. The predicted molar refractivity (Wildman–Crippen MR) is 214 cm³/mol. The SMILES string of the molecule is CCCCCCCCCCN1NC2=NC3=NC(=NC4=NC(=NC5=NC(=NC1=N2)c1ccccc15)NN4CCCCCCCCCC)c1ccccc13. The maximum Gasteiger partial charge on any atom is 0.249 e. The largest absolute Gasteiger partial charge is 0.263 e. The number of nitrogens with zero attached hydrogens (tertiary/aromatic N) is 10. The quantitative estimate of drug-likeness (QED) is 0.154. The molecule has 0 unspecified atom stereocenters. The molecule has 272 valence electrons. The van der Waals surface area contributed by atoms with Gasteiger partial charge < -0.3 is 0 Å². The van der Waals surface area contributed by atoms with E-state index >= 15 is 0 Å². The van der Waals surface area contributed by atoms with Crippen LogP contribution in [0.1, 0.15) is 139 Å². The Morgan fingerprint density at radius 3 is 1.08 bits per heavy atom. The van der Waals surface area contributed by atoms with Crippen LogP contribution in [0.2, 0.25) is 0 Å². The summed E-state index contributed by atoms with van der Waals surface area (Å²) in [5.74, 6) is 4.14. The van der Waals surface area contributed by atoms with Crippen molar-refractivity contribution in [3.63, 3.8) is 0 Å². The molecule has 2 N–H and O–H groups in total. The zero-order valence-corrected chi connectivity index (χ0v) is 30.8. The van der Waals surface area contributed by atoms with E-state index in [0.29, 0.717) is 47.2 Å². The van der Waals surface area contributed by atoms with Crippen LogP contribution in [0.5, 0.6) is 0 Å². The third-order valence-corrected chi connectivity index (χ3v) is 9.91. The highest BCUT2D eigenvalue weighted by Gasteiger charge is 2.30. The minimum atomic E-state index is 0.438. The molecule has 2 aromatic carbocycles. The molecule has 12 heteroatoms. The van der Waals surface area contributed by atoms with Crippen LogP contribution in [0, 0.1) is 0 Å². The molecule has 0 amide bonds. The molecule has 0 saturated carbocycles. The first-order valence-corrected chi connectivity index (χ1v) is 19.7. The first-order chi connectivity index (χ1) is 25.7. The van der Waals surface area contributed by atoms with Gasteiger partial charge in [-0.3, -0.25) is 20.9 Å². The van der Waals surface area contributed by atoms with Crippen molar-refractivity contribution in [1.29, 1.82) is 0 Å². The molecule has 5 aliphatic heterocycles. The Morgan fingerprint density at radius 1 is 0.385 bits per heavy atom. The summed E-state index contributed by atoms with van der Waals surface area (Å²) in [6.45, 7) is 6.01. The van der Waals surface area contributed by atoms with E-state index in [1.165, 1.54) is 77.0 Å². The second-order valence-electron chi connectivity index (χ2n) is 14.0. The Bertz CT molecular complexity index is 1710. The number of guanidine groups is 4. The predicted octanol–water partition coefficient (Wildman–Crippen LogP) is 7.76. The second kappa shape index (κ2) is 17.5. The highest BCUT2D eigenvalue weighted by atomic mass is 15.6. The monoisotopic (exact) mass is 700 g/mol. The molecule has 52 heavy (non-hydrogen) atoms. The van der Waals surface area contributed by atoms with Gasteiger partial charge in [-0.25, -0.2) is 9.98 Å². The highest BCUT2D eigenvalue weighted by molar-refractivity contribution is 6.29. The summed E-state index contributed by atoms with van der Waals surface area (Å²) in [6.07, 6.45) is 19.8. The summed E-state index contributed by atoms with van der Waals surface area (Å²) in [5, 5.41) is 3.97. The molecule has 0 aromatic heterocycles. The van der Waals surface area contributed by atoms with Crippen LogP contribution in [0.4, 0.5) is 0 Å². The summed E-state index contributed by atoms with van der Waals surface area (Å²) in [4.78, 5) is 39.5. The lowest BCUT2D eigenvalue weighted by atomic mass is 10.1. The lowest BCUT2D eigenvalue weighted by molar-refractivity contribution is 0.370. The molecule has 8 bridgehead atoms. The van der Waals surface area contributed by atoms with E-state index in [2.05, 4.69) is 24.7 Å². The Kier molecular flexibility index (Phi) is 11.9. The van der Waals surface area contributed by atoms with Crippen molar-refractivity contribution < 1.29 is 0 Å². The molecule has 0 saturated heterocycles. The number of nitrogens with one attached hydrogen (secondary N) is 2. The number of rotatable bonds is 18. The number of hydrogen-bond acceptors (Lipinski definition) is 12. The average molecular weight is 701 g/mol. The zero-order valence-electron chi connectivity index (χ0n) is 30.8. The van der Waals surface area contributed by atoms with E-state index in [1.807, 2.05) is 58.5 Å². The molecule has 12 nitrogen and oxygen atoms in total. The molecule has 0 aliphatic carbocycles. The van der Waals surface area contributed by atoms with Crippen LogP contribution < -0.4 is 10.9 Å². The summed E-state index contributed by atoms with van der Waals surface area (Å²) in [5.41, 5.74) is 10.4. The number of hydrogen-bond donors (Lipinski definition) is 2. The van der Waals surface area contributed by atoms with Gasteiger partial charge in [0.1, 0.15) is 0 Å². The Hall–Kier alpha value is -5.00. The third kappa shape index (κ3) is 8.54. The zero-order chi connectivity index (χ0) is 35.5. The van der Waals surface area contributed by atoms with Crippen molar-refractivity contribution in [2.24, 2.45) is 39.9 Å². The van der Waals surface area contributed by atoms with Crippen LogP contribution in [-0.2, 0) is 0 Å². The maximum atomic E-state index is 5.02. The van der Waals surface area contributed by atoms with Crippen molar-refractivity contribution in [2.75, 3.05) is 13.1 Å². The number of amidine groups is 4. The molecule has 0 radical (unpaired) electrons. The molecular formula is C40H52N12. The summed E-state index contributed by atoms with van der Waals surface area (Å²) < 4.78 is 0. The highest BCUT2D eigenvalue weighted by Crippen LogP contribution is 2.25. The van der Waals surface area contributed by atoms with E-state index in [-0.39, 0.29) is 0 Å². The first-order valence-electron chi connectivity index (χ1n) is 19.7. The fourth-order valence-corrected chi connectivity index (χ4v) is 7.01. The number of unbranched alkanes of at least 4 members (excludes halogenated alkanes) is 14. The van der Waals surface area contributed by atoms with Crippen molar-refractivity contribution >= 4 is 47.2 Å². The van der Waals surface area contributed by atoms with Gasteiger partial charge in [0.05, 0.1) is 0 Å². The third-order valence-electron chi connectivity index (χ3n) is 9.91. The molecule has 5 heterocycles. The van der Waals surface area contributed by atoms with Crippen molar-refractivity contribution in [1.82, 2.24) is 20.9 Å². The molecule has 7 rings (SSSR count). The number of fused-ring (bicyclic) bond motifs is 10. The van der Waals surface area contributed by atoms with Gasteiger partial charge in [-0.1, -0.05) is 152 Å². The lowest BCUT2D eigenvalue weighted by Gasteiger charge is -2.18. The second-order valence-corrected chi connectivity index (χ2v) is 14.0. The molecule has 0 spiro atoms. The van der Waals surface area contributed by atoms with Gasteiger partial charge in [-0.2, -0.15) is 30.0 Å². The van der Waals surface area contributed by atoms with Crippen molar-refractivity contribution in [2.45, 2.75) is 117 Å². The van der Waals surface area contributed by atoms with Gasteiger partial charge in [0.15, 0.2) is 23.3 Å². The standard InChI is InChI=1S/C40H52N12/c1-3-5-7-9-11-13-15-21-27-51-39-45-35-31-25-19-17-23-29(31)34(41-35)44-38-48-40(52(50-38)28-22-16-14-12-10-8-6-4-2)46-36-32-26-20-18-24-30(32)33(42-36)43-37(47-39)49-51/h17-20,23-26H,3-16,21-22,27-28H2,1-2H3,(H2,41,42,43,44,45,46,47,48,49,50). The van der Waals surface area contributed by atoms with Gasteiger partial charge in [-0.05, 0) is 12.8 Å². The van der Waals surface area contributed by atoms with E-state index in [1.54, 1.807) is 0 Å². The minimum absolute atomic E-state index is 0.438. The number of hydrazine groups is 2. The fourth-order valence-electron chi connectivity index (χ4n) is 7.01. The van der Waals surface area contributed by atoms with Crippen LogP contribution in [0.3, 0.4) is 0 Å². The normalized spacial score (nSPS) is 16.9. The molecule has 0 atom stereocenters. The maximum absolute atomic E-state index is 5.02. The average Bonchev–Trinajstić information content (AvgIpc) is 3.92. The molecule has 5 aliphatic rings. The summed E-state index contributed by atoms with van der Waals surface area (Å²) >= 11 is 0. The molecule has 2 aromatic rings. The van der Waals surface area contributed by atoms with Gasteiger partial charge in [0, 0.05) is 35.3 Å². The van der Waals surface area contributed by atoms with Crippen LogP contribution in [-0.4, -0.2) is 70.3 Å². The van der Waals surface area contributed by atoms with Crippen LogP contribution in [0.25, 0.3) is 0 Å². The van der Waals surface area contributed by atoms with Crippen LogP contribution >= 0.6 is 0 Å². The molecular weight excluding hydrogens is 649 g/mol. The van der Waals surface area contributed by atoms with Gasteiger partial charge in [-0.15, -0.1) is 0 Å². The summed E-state index contributed by atoms with van der Waals surface area (Å²) in [7, 11) is 0. The topological polar surface area (TPSA) is 129 Å². The summed E-state index contributed by atoms with van der Waals surface area (Å²) in [6, 6.07) is 16.1. The Labute approximate surface area is 307 Å². The fraction of sp³-hybridized carbons (Fsp3) is 0.500. The van der Waals surface area contributed by atoms with Gasteiger partial charge in [0.25, 0.3) is 0 Å². The van der Waals surface area contributed by atoms with E-state index in [9.17, 15) is 0 Å². The van der Waals surface area contributed by atoms with Crippen LogP contribution in [0.15, 0.2) is 88.5 Å². The minimum Gasteiger partial charge on any atom is -0.263 e. The van der Waals surface area contributed by atoms with Crippen molar-refractivity contribution in [3.8, 4) is 0 Å². The number of aliphatic imine (C=N–C) groups is 8. The Balaban J connectivity index is 1.17. The smallest absolute Gasteiger partial charge is 0.249 e. The van der Waals surface area contributed by atoms with E-state index in [0.717, 1.165) is 61.0 Å². The van der Waals surface area contributed by atoms with E-state index in [4.69, 9.17) is 39.9 Å². The lowest BCUT2D eigenvalue weighted by Crippen LogP contribution is -2.39. The van der Waals surface area contributed by atoms with Gasteiger partial charge >= 0.3 is 0 Å². The van der Waals surface area contributed by atoms with Gasteiger partial charge in [0.2, 0.25) is 23.8 Å².